The highest BCUT2D eigenvalue weighted by Crippen LogP contribution is 2.41. The number of rotatable bonds is 2. The number of halogens is 2. The van der Waals surface area contributed by atoms with Crippen LogP contribution in [0.1, 0.15) is 29.7 Å². The summed E-state index contributed by atoms with van der Waals surface area (Å²) in [6.07, 6.45) is 0.244. The Labute approximate surface area is 127 Å². The molecule has 1 aliphatic rings. The lowest BCUT2D eigenvalue weighted by molar-refractivity contribution is 0.161. The van der Waals surface area contributed by atoms with Crippen LogP contribution in [0.4, 0.5) is 4.39 Å². The molecule has 2 aromatic carbocycles. The third-order valence-electron chi connectivity index (χ3n) is 3.61. The number of nitrogens with two attached hydrogens (primary N) is 1. The number of hydrogen-bond acceptors (Lipinski definition) is 3. The van der Waals surface area contributed by atoms with E-state index in [-0.39, 0.29) is 18.0 Å². The van der Waals surface area contributed by atoms with Crippen LogP contribution in [-0.4, -0.2) is 7.11 Å². The molecule has 1 heterocycles. The number of ether oxygens (including phenoxy) is 2. The zero-order valence-electron chi connectivity index (χ0n) is 11.5. The van der Waals surface area contributed by atoms with E-state index in [9.17, 15) is 4.39 Å². The summed E-state index contributed by atoms with van der Waals surface area (Å²) >= 11 is 5.90. The molecule has 0 saturated heterocycles. The fourth-order valence-corrected chi connectivity index (χ4v) is 2.80. The van der Waals surface area contributed by atoms with Crippen LogP contribution in [0.15, 0.2) is 36.4 Å². The quantitative estimate of drug-likeness (QED) is 0.911. The summed E-state index contributed by atoms with van der Waals surface area (Å²) < 4.78 is 24.6. The van der Waals surface area contributed by atoms with Gasteiger partial charge in [0.2, 0.25) is 0 Å². The standard InChI is InChI=1S/C16H15ClFNO2/c1-20-12-2-3-15-13(7-12)14(19)8-16(21-15)9-4-10(17)6-11(18)5-9/h2-7,14,16H,8,19H2,1H3/t14-,16?/m0/s1. The second kappa shape index (κ2) is 5.54. The summed E-state index contributed by atoms with van der Waals surface area (Å²) in [5, 5.41) is 0.350. The van der Waals surface area contributed by atoms with Crippen molar-refractivity contribution in [3.05, 3.63) is 58.4 Å². The molecule has 0 bridgehead atoms. The molecule has 5 heteroatoms. The molecule has 0 saturated carbocycles. The smallest absolute Gasteiger partial charge is 0.126 e. The average Bonchev–Trinajstić information content (AvgIpc) is 2.46. The predicted molar refractivity (Wildman–Crippen MR) is 79.3 cm³/mol. The summed E-state index contributed by atoms with van der Waals surface area (Å²) in [5.41, 5.74) is 7.80. The molecule has 2 N–H and O–H groups in total. The Hall–Kier alpha value is -1.78. The second-order valence-electron chi connectivity index (χ2n) is 5.06. The molecule has 0 spiro atoms. The Bertz CT molecular complexity index is 657. The van der Waals surface area contributed by atoms with Crippen molar-refractivity contribution in [2.24, 2.45) is 5.73 Å². The Morgan fingerprint density at radius 3 is 2.81 bits per heavy atom. The van der Waals surface area contributed by atoms with Crippen molar-refractivity contribution < 1.29 is 13.9 Å². The van der Waals surface area contributed by atoms with Crippen molar-refractivity contribution in [2.45, 2.75) is 18.6 Å². The van der Waals surface area contributed by atoms with Crippen LogP contribution in [0.2, 0.25) is 5.02 Å². The Kier molecular flexibility index (Phi) is 3.74. The maximum absolute atomic E-state index is 13.5. The van der Waals surface area contributed by atoms with E-state index in [2.05, 4.69) is 0 Å². The number of hydrogen-bond donors (Lipinski definition) is 1. The third kappa shape index (κ3) is 2.82. The van der Waals surface area contributed by atoms with Gasteiger partial charge >= 0.3 is 0 Å². The minimum absolute atomic E-state index is 0.198. The van der Waals surface area contributed by atoms with Crippen LogP contribution in [0.3, 0.4) is 0 Å². The van der Waals surface area contributed by atoms with Gasteiger partial charge in [0.05, 0.1) is 7.11 Å². The predicted octanol–water partition coefficient (Wildman–Crippen LogP) is 4.01. The van der Waals surface area contributed by atoms with Crippen molar-refractivity contribution in [3.63, 3.8) is 0 Å². The van der Waals surface area contributed by atoms with Crippen LogP contribution in [0, 0.1) is 5.82 Å². The molecule has 0 radical (unpaired) electrons. The number of fused-ring (bicyclic) bond motifs is 1. The molecule has 21 heavy (non-hydrogen) atoms. The zero-order valence-corrected chi connectivity index (χ0v) is 12.2. The molecule has 110 valence electrons. The van der Waals surface area contributed by atoms with Gasteiger partial charge in [-0.05, 0) is 42.0 Å². The largest absolute Gasteiger partial charge is 0.497 e. The topological polar surface area (TPSA) is 44.5 Å². The van der Waals surface area contributed by atoms with E-state index in [0.717, 1.165) is 11.3 Å². The SMILES string of the molecule is COc1ccc2c(c1)[C@@H](N)CC(c1cc(F)cc(Cl)c1)O2. The monoisotopic (exact) mass is 307 g/mol. The first-order valence-electron chi connectivity index (χ1n) is 6.63. The first kappa shape index (κ1) is 14.2. The van der Waals surface area contributed by atoms with E-state index in [4.69, 9.17) is 26.8 Å². The maximum Gasteiger partial charge on any atom is 0.126 e. The molecule has 0 aromatic heterocycles. The summed E-state index contributed by atoms with van der Waals surface area (Å²) in [5.74, 6) is 1.05. The van der Waals surface area contributed by atoms with E-state index in [1.807, 2.05) is 18.2 Å². The summed E-state index contributed by atoms with van der Waals surface area (Å²) in [6, 6.07) is 9.71. The Morgan fingerprint density at radius 2 is 2.10 bits per heavy atom. The van der Waals surface area contributed by atoms with Gasteiger partial charge in [-0.2, -0.15) is 0 Å². The van der Waals surface area contributed by atoms with Crippen molar-refractivity contribution in [3.8, 4) is 11.5 Å². The molecule has 2 aromatic rings. The molecular formula is C16H15ClFNO2. The lowest BCUT2D eigenvalue weighted by atomic mass is 9.93. The second-order valence-corrected chi connectivity index (χ2v) is 5.49. The number of benzene rings is 2. The molecule has 0 fully saturated rings. The molecule has 3 rings (SSSR count). The first-order valence-corrected chi connectivity index (χ1v) is 7.01. The van der Waals surface area contributed by atoms with Gasteiger partial charge in [0.25, 0.3) is 0 Å². The van der Waals surface area contributed by atoms with Crippen LogP contribution in [-0.2, 0) is 0 Å². The highest BCUT2D eigenvalue weighted by Gasteiger charge is 2.28. The van der Waals surface area contributed by atoms with Gasteiger partial charge in [0.15, 0.2) is 0 Å². The maximum atomic E-state index is 13.5. The molecule has 0 amide bonds. The molecule has 3 nitrogen and oxygen atoms in total. The lowest BCUT2D eigenvalue weighted by Gasteiger charge is -2.31. The summed E-state index contributed by atoms with van der Waals surface area (Å²) in [4.78, 5) is 0. The molecule has 0 aliphatic carbocycles. The minimum Gasteiger partial charge on any atom is -0.497 e. The number of methoxy groups -OCH3 is 1. The van der Waals surface area contributed by atoms with Crippen molar-refractivity contribution in [2.75, 3.05) is 7.11 Å². The van der Waals surface area contributed by atoms with Gasteiger partial charge in [0.1, 0.15) is 23.4 Å². The van der Waals surface area contributed by atoms with Crippen molar-refractivity contribution in [1.29, 1.82) is 0 Å². The minimum atomic E-state index is -0.379. The highest BCUT2D eigenvalue weighted by molar-refractivity contribution is 6.30. The summed E-state index contributed by atoms with van der Waals surface area (Å²) in [6.45, 7) is 0. The van der Waals surface area contributed by atoms with Crippen molar-refractivity contribution >= 4 is 11.6 Å². The van der Waals surface area contributed by atoms with Crippen LogP contribution in [0.5, 0.6) is 11.5 Å². The fourth-order valence-electron chi connectivity index (χ4n) is 2.57. The van der Waals surface area contributed by atoms with Gasteiger partial charge in [0, 0.05) is 23.0 Å². The Balaban J connectivity index is 1.94. The van der Waals surface area contributed by atoms with E-state index in [1.165, 1.54) is 12.1 Å². The molecule has 2 atom stereocenters. The molecule has 1 unspecified atom stereocenters. The molecule has 1 aliphatic heterocycles. The van der Waals surface area contributed by atoms with E-state index < -0.39 is 0 Å². The van der Waals surface area contributed by atoms with Gasteiger partial charge in [-0.25, -0.2) is 4.39 Å². The van der Waals surface area contributed by atoms with Crippen LogP contribution < -0.4 is 15.2 Å². The lowest BCUT2D eigenvalue weighted by Crippen LogP contribution is -2.24. The Morgan fingerprint density at radius 1 is 1.29 bits per heavy atom. The van der Waals surface area contributed by atoms with Crippen molar-refractivity contribution in [1.82, 2.24) is 0 Å². The molecular weight excluding hydrogens is 293 g/mol. The van der Waals surface area contributed by atoms with Gasteiger partial charge in [-0.3, -0.25) is 0 Å². The summed E-state index contributed by atoms with van der Waals surface area (Å²) in [7, 11) is 1.61. The van der Waals surface area contributed by atoms with E-state index >= 15 is 0 Å². The van der Waals surface area contributed by atoms with Gasteiger partial charge in [-0.15, -0.1) is 0 Å². The zero-order chi connectivity index (χ0) is 15.0. The van der Waals surface area contributed by atoms with E-state index in [1.54, 1.807) is 13.2 Å². The average molecular weight is 308 g/mol. The van der Waals surface area contributed by atoms with Crippen LogP contribution in [0.25, 0.3) is 0 Å². The third-order valence-corrected chi connectivity index (χ3v) is 3.83. The van der Waals surface area contributed by atoms with Gasteiger partial charge < -0.3 is 15.2 Å². The normalized spacial score (nSPS) is 20.6. The van der Waals surface area contributed by atoms with Gasteiger partial charge in [-0.1, -0.05) is 11.6 Å². The van der Waals surface area contributed by atoms with E-state index in [0.29, 0.717) is 22.8 Å². The highest BCUT2D eigenvalue weighted by atomic mass is 35.5. The fraction of sp³-hybridized carbons (Fsp3) is 0.250. The first-order chi connectivity index (χ1) is 10.1. The van der Waals surface area contributed by atoms with Crippen LogP contribution >= 0.6 is 11.6 Å².